The first-order valence-electron chi connectivity index (χ1n) is 8.63. The summed E-state index contributed by atoms with van der Waals surface area (Å²) in [7, 11) is -3.49. The Labute approximate surface area is 148 Å². The third kappa shape index (κ3) is 4.31. The predicted molar refractivity (Wildman–Crippen MR) is 94.9 cm³/mol. The molecule has 1 fully saturated rings. The quantitative estimate of drug-likeness (QED) is 0.883. The van der Waals surface area contributed by atoms with Gasteiger partial charge in [0.2, 0.25) is 0 Å². The van der Waals surface area contributed by atoms with Crippen LogP contribution in [0.2, 0.25) is 0 Å². The predicted octanol–water partition coefficient (Wildman–Crippen LogP) is 3.56. The van der Waals surface area contributed by atoms with E-state index < -0.39 is 9.84 Å². The molecule has 1 heterocycles. The molecule has 2 aromatic rings. The van der Waals surface area contributed by atoms with Crippen LogP contribution in [0.25, 0.3) is 0 Å². The molecule has 1 amide bonds. The maximum Gasteiger partial charge on any atom is 0.287 e. The average Bonchev–Trinajstić information content (AvgIpc) is 3.06. The van der Waals surface area contributed by atoms with E-state index in [9.17, 15) is 13.2 Å². The third-order valence-electron chi connectivity index (χ3n) is 4.75. The Morgan fingerprint density at radius 3 is 2.56 bits per heavy atom. The molecule has 0 saturated heterocycles. The van der Waals surface area contributed by atoms with Gasteiger partial charge in [-0.15, -0.1) is 0 Å². The fraction of sp³-hybridized carbons (Fsp3) is 0.421. The van der Waals surface area contributed by atoms with Gasteiger partial charge in [0.15, 0.2) is 15.6 Å². The van der Waals surface area contributed by atoms with Crippen molar-refractivity contribution in [3.63, 3.8) is 0 Å². The minimum Gasteiger partial charge on any atom is -0.455 e. The van der Waals surface area contributed by atoms with Gasteiger partial charge >= 0.3 is 0 Å². The first kappa shape index (κ1) is 17.7. The highest BCUT2D eigenvalue weighted by atomic mass is 32.2. The summed E-state index contributed by atoms with van der Waals surface area (Å²) in [6.07, 6.45) is 4.41. The van der Waals surface area contributed by atoms with E-state index in [0.29, 0.717) is 5.92 Å². The van der Waals surface area contributed by atoms with Gasteiger partial charge in [0.05, 0.1) is 4.90 Å². The van der Waals surface area contributed by atoms with Gasteiger partial charge in [-0.3, -0.25) is 4.79 Å². The fourth-order valence-electron chi connectivity index (χ4n) is 3.25. The summed E-state index contributed by atoms with van der Waals surface area (Å²) in [5.74, 6) is 0.346. The lowest BCUT2D eigenvalue weighted by Gasteiger charge is -2.29. The maximum atomic E-state index is 12.4. The molecule has 1 aliphatic rings. The van der Waals surface area contributed by atoms with Gasteiger partial charge in [0, 0.05) is 6.04 Å². The van der Waals surface area contributed by atoms with Crippen LogP contribution in [0.5, 0.6) is 0 Å². The zero-order valence-electron chi connectivity index (χ0n) is 14.3. The molecule has 0 unspecified atom stereocenters. The Morgan fingerprint density at radius 2 is 1.84 bits per heavy atom. The van der Waals surface area contributed by atoms with Crippen molar-refractivity contribution in [3.8, 4) is 0 Å². The highest BCUT2D eigenvalue weighted by molar-refractivity contribution is 7.90. The normalized spacial score (nSPS) is 21.0. The molecule has 3 rings (SSSR count). The molecular weight excluding hydrogens is 338 g/mol. The van der Waals surface area contributed by atoms with E-state index in [1.807, 2.05) is 0 Å². The highest BCUT2D eigenvalue weighted by Gasteiger charge is 2.25. The van der Waals surface area contributed by atoms with Gasteiger partial charge in [-0.25, -0.2) is 8.42 Å². The Morgan fingerprint density at radius 1 is 1.12 bits per heavy atom. The summed E-state index contributed by atoms with van der Waals surface area (Å²) in [4.78, 5) is 12.6. The number of sulfone groups is 1. The van der Waals surface area contributed by atoms with Crippen molar-refractivity contribution < 1.29 is 17.6 Å². The number of benzene rings is 1. The molecule has 25 heavy (non-hydrogen) atoms. The van der Waals surface area contributed by atoms with E-state index in [-0.39, 0.29) is 34.1 Å². The Hall–Kier alpha value is -2.08. The topological polar surface area (TPSA) is 76.4 Å². The van der Waals surface area contributed by atoms with Crippen molar-refractivity contribution in [3.05, 3.63) is 54.0 Å². The van der Waals surface area contributed by atoms with E-state index in [0.717, 1.165) is 19.3 Å². The number of amides is 1. The molecule has 1 aliphatic carbocycles. The molecule has 1 aromatic carbocycles. The van der Waals surface area contributed by atoms with Crippen LogP contribution in [0.3, 0.4) is 0 Å². The van der Waals surface area contributed by atoms with Gasteiger partial charge in [-0.05, 0) is 43.0 Å². The van der Waals surface area contributed by atoms with Gasteiger partial charge in [0.1, 0.15) is 11.5 Å². The van der Waals surface area contributed by atoms with E-state index >= 15 is 0 Å². The van der Waals surface area contributed by atoms with Crippen LogP contribution in [0.4, 0.5) is 0 Å². The van der Waals surface area contributed by atoms with E-state index in [1.165, 1.54) is 6.42 Å². The summed E-state index contributed by atoms with van der Waals surface area (Å²) >= 11 is 0. The Bertz CT molecular complexity index is 826. The molecular formula is C19H23NO4S. The smallest absolute Gasteiger partial charge is 0.287 e. The minimum atomic E-state index is -3.49. The van der Waals surface area contributed by atoms with Crippen LogP contribution in [0.1, 0.15) is 48.9 Å². The largest absolute Gasteiger partial charge is 0.455 e. The number of carbonyl (C=O) groups excluding carboxylic acids is 1. The number of rotatable bonds is 5. The molecule has 1 N–H and O–H groups in total. The van der Waals surface area contributed by atoms with Crippen molar-refractivity contribution in [2.75, 3.05) is 0 Å². The van der Waals surface area contributed by atoms with Crippen molar-refractivity contribution >= 4 is 15.7 Å². The lowest BCUT2D eigenvalue weighted by molar-refractivity contribution is 0.0880. The van der Waals surface area contributed by atoms with Crippen LogP contribution in [-0.4, -0.2) is 20.4 Å². The van der Waals surface area contributed by atoms with Crippen LogP contribution in [-0.2, 0) is 15.6 Å². The summed E-state index contributed by atoms with van der Waals surface area (Å²) < 4.78 is 30.2. The zero-order valence-corrected chi connectivity index (χ0v) is 15.1. The number of furan rings is 1. The minimum absolute atomic E-state index is 0.155. The van der Waals surface area contributed by atoms with Gasteiger partial charge in [-0.2, -0.15) is 0 Å². The second-order valence-corrected chi connectivity index (χ2v) is 8.67. The van der Waals surface area contributed by atoms with Gasteiger partial charge in [-0.1, -0.05) is 38.0 Å². The molecule has 0 radical (unpaired) electrons. The van der Waals surface area contributed by atoms with Crippen molar-refractivity contribution in [1.82, 2.24) is 5.32 Å². The number of carbonyl (C=O) groups is 1. The molecule has 2 atom stereocenters. The van der Waals surface area contributed by atoms with Gasteiger partial charge < -0.3 is 9.73 Å². The summed E-state index contributed by atoms with van der Waals surface area (Å²) in [6.45, 7) is 2.14. The van der Waals surface area contributed by atoms with E-state index in [1.54, 1.807) is 42.5 Å². The van der Waals surface area contributed by atoms with Crippen LogP contribution in [0.15, 0.2) is 51.8 Å². The van der Waals surface area contributed by atoms with Crippen molar-refractivity contribution in [2.24, 2.45) is 5.92 Å². The molecule has 1 saturated carbocycles. The molecule has 134 valence electrons. The molecule has 0 aliphatic heterocycles. The summed E-state index contributed by atoms with van der Waals surface area (Å²) in [5, 5.41) is 3.01. The van der Waals surface area contributed by atoms with Crippen LogP contribution >= 0.6 is 0 Å². The second kappa shape index (κ2) is 7.44. The van der Waals surface area contributed by atoms with E-state index in [4.69, 9.17) is 4.42 Å². The fourth-order valence-corrected chi connectivity index (χ4v) is 4.51. The molecule has 0 bridgehead atoms. The Balaban J connectivity index is 1.67. The summed E-state index contributed by atoms with van der Waals surface area (Å²) in [6, 6.07) is 11.5. The van der Waals surface area contributed by atoms with Crippen molar-refractivity contribution in [2.45, 2.75) is 49.3 Å². The standard InChI is InChI=1S/C19H23NO4S/c1-14-7-5-6-10-17(14)20-19(21)18-12-11-15(24-18)13-25(22,23)16-8-3-2-4-9-16/h2-4,8-9,11-12,14,17H,5-7,10,13H2,1H3,(H,20,21)/t14-,17+/m0/s1. The molecule has 5 nitrogen and oxygen atoms in total. The lowest BCUT2D eigenvalue weighted by atomic mass is 9.86. The van der Waals surface area contributed by atoms with Crippen LogP contribution < -0.4 is 5.32 Å². The number of hydrogen-bond donors (Lipinski definition) is 1. The molecule has 0 spiro atoms. The first-order chi connectivity index (χ1) is 12.0. The van der Waals surface area contributed by atoms with Crippen molar-refractivity contribution in [1.29, 1.82) is 0 Å². The first-order valence-corrected chi connectivity index (χ1v) is 10.3. The van der Waals surface area contributed by atoms with E-state index in [2.05, 4.69) is 12.2 Å². The van der Waals surface area contributed by atoms with Gasteiger partial charge in [0.25, 0.3) is 5.91 Å². The third-order valence-corrected chi connectivity index (χ3v) is 6.40. The number of hydrogen-bond acceptors (Lipinski definition) is 4. The Kier molecular flexibility index (Phi) is 5.27. The maximum absolute atomic E-state index is 12.4. The lowest BCUT2D eigenvalue weighted by Crippen LogP contribution is -2.40. The number of nitrogens with one attached hydrogen (secondary N) is 1. The second-order valence-electron chi connectivity index (χ2n) is 6.68. The zero-order chi connectivity index (χ0) is 17.9. The van der Waals surface area contributed by atoms with Crippen LogP contribution in [0, 0.1) is 5.92 Å². The summed E-state index contributed by atoms with van der Waals surface area (Å²) in [5.41, 5.74) is 0. The highest BCUT2D eigenvalue weighted by Crippen LogP contribution is 2.24. The SMILES string of the molecule is C[C@H]1CCCC[C@H]1NC(=O)c1ccc(CS(=O)(=O)c2ccccc2)o1. The monoisotopic (exact) mass is 361 g/mol. The molecule has 1 aromatic heterocycles. The average molecular weight is 361 g/mol. The molecule has 6 heteroatoms.